The molecule has 2 heterocycles. The lowest BCUT2D eigenvalue weighted by atomic mass is 9.78. The SMILES string of the molecule is Cc1nn(C2(C(N)=O)CCCC(N)C2)c2nc(-c3ccc(O)cc3)cc(C(=O)O)c12. The van der Waals surface area contributed by atoms with Gasteiger partial charge in [-0.05, 0) is 62.9 Å². The Morgan fingerprint density at radius 1 is 1.27 bits per heavy atom. The van der Waals surface area contributed by atoms with E-state index in [1.54, 1.807) is 19.1 Å². The van der Waals surface area contributed by atoms with Crippen molar-refractivity contribution in [1.29, 1.82) is 0 Å². The van der Waals surface area contributed by atoms with Crippen LogP contribution in [0.5, 0.6) is 5.75 Å². The topological polar surface area (TPSA) is 157 Å². The highest BCUT2D eigenvalue weighted by molar-refractivity contribution is 6.04. The summed E-state index contributed by atoms with van der Waals surface area (Å²) >= 11 is 0. The van der Waals surface area contributed by atoms with Crippen molar-refractivity contribution >= 4 is 22.9 Å². The van der Waals surface area contributed by atoms with E-state index in [0.717, 1.165) is 6.42 Å². The first-order chi connectivity index (χ1) is 14.2. The highest BCUT2D eigenvalue weighted by Crippen LogP contribution is 2.38. The van der Waals surface area contributed by atoms with Gasteiger partial charge in [0.25, 0.3) is 0 Å². The lowest BCUT2D eigenvalue weighted by Gasteiger charge is -2.37. The Morgan fingerprint density at radius 2 is 1.97 bits per heavy atom. The van der Waals surface area contributed by atoms with E-state index in [2.05, 4.69) is 10.1 Å². The number of carbonyl (C=O) groups excluding carboxylic acids is 1. The van der Waals surface area contributed by atoms with E-state index in [9.17, 15) is 19.8 Å². The second-order valence-electron chi connectivity index (χ2n) is 7.86. The van der Waals surface area contributed by atoms with Gasteiger partial charge in [0, 0.05) is 11.6 Å². The van der Waals surface area contributed by atoms with Gasteiger partial charge in [0.2, 0.25) is 5.91 Å². The maximum absolute atomic E-state index is 12.6. The fraction of sp³-hybridized carbons (Fsp3) is 0.333. The molecule has 2 unspecified atom stereocenters. The van der Waals surface area contributed by atoms with Gasteiger partial charge in [0.05, 0.1) is 22.3 Å². The monoisotopic (exact) mass is 409 g/mol. The van der Waals surface area contributed by atoms with Crippen LogP contribution in [0.25, 0.3) is 22.3 Å². The number of rotatable bonds is 4. The quantitative estimate of drug-likeness (QED) is 0.512. The minimum atomic E-state index is -1.17. The van der Waals surface area contributed by atoms with Crippen LogP contribution in [0.2, 0.25) is 0 Å². The Labute approximate surface area is 172 Å². The predicted molar refractivity (Wildman–Crippen MR) is 110 cm³/mol. The van der Waals surface area contributed by atoms with Crippen LogP contribution in [0.3, 0.4) is 0 Å². The smallest absolute Gasteiger partial charge is 0.336 e. The van der Waals surface area contributed by atoms with Crippen molar-refractivity contribution in [3.63, 3.8) is 0 Å². The number of fused-ring (bicyclic) bond motifs is 1. The molecule has 0 saturated heterocycles. The zero-order chi connectivity index (χ0) is 21.6. The molecule has 9 nitrogen and oxygen atoms in total. The number of aromatic nitrogens is 3. The van der Waals surface area contributed by atoms with E-state index in [4.69, 9.17) is 11.5 Å². The number of hydrogen-bond acceptors (Lipinski definition) is 6. The highest BCUT2D eigenvalue weighted by atomic mass is 16.4. The van der Waals surface area contributed by atoms with Crippen molar-refractivity contribution in [2.75, 3.05) is 0 Å². The number of phenolic OH excluding ortho intramolecular Hbond substituents is 1. The zero-order valence-electron chi connectivity index (χ0n) is 16.5. The number of nitrogens with zero attached hydrogens (tertiary/aromatic N) is 3. The minimum Gasteiger partial charge on any atom is -0.508 e. The number of phenols is 1. The third-order valence-electron chi connectivity index (χ3n) is 5.84. The summed E-state index contributed by atoms with van der Waals surface area (Å²) in [5, 5.41) is 24.3. The molecule has 1 saturated carbocycles. The summed E-state index contributed by atoms with van der Waals surface area (Å²) in [7, 11) is 0. The molecule has 1 fully saturated rings. The number of aromatic carboxylic acids is 1. The van der Waals surface area contributed by atoms with Crippen LogP contribution < -0.4 is 11.5 Å². The molecule has 3 aromatic rings. The van der Waals surface area contributed by atoms with Crippen molar-refractivity contribution in [1.82, 2.24) is 14.8 Å². The lowest BCUT2D eigenvalue weighted by Crippen LogP contribution is -2.52. The molecule has 30 heavy (non-hydrogen) atoms. The molecule has 2 atom stereocenters. The number of carboxylic acids is 1. The Hall–Kier alpha value is -3.46. The molecule has 1 amide bonds. The van der Waals surface area contributed by atoms with Crippen molar-refractivity contribution in [2.24, 2.45) is 11.5 Å². The van der Waals surface area contributed by atoms with Crippen LogP contribution >= 0.6 is 0 Å². The van der Waals surface area contributed by atoms with Crippen LogP contribution in [0.1, 0.15) is 41.7 Å². The molecule has 1 aliphatic carbocycles. The molecule has 0 radical (unpaired) electrons. The Morgan fingerprint density at radius 3 is 2.57 bits per heavy atom. The molecule has 1 aliphatic rings. The van der Waals surface area contributed by atoms with Crippen molar-refractivity contribution in [3.8, 4) is 17.0 Å². The summed E-state index contributed by atoms with van der Waals surface area (Å²) in [6.07, 6.45) is 2.25. The number of aromatic hydroxyl groups is 1. The number of benzene rings is 1. The van der Waals surface area contributed by atoms with Crippen LogP contribution in [0.4, 0.5) is 0 Å². The Kier molecular flexibility index (Phi) is 4.70. The minimum absolute atomic E-state index is 0.0338. The van der Waals surface area contributed by atoms with Crippen LogP contribution in [-0.4, -0.2) is 42.9 Å². The van der Waals surface area contributed by atoms with Gasteiger partial charge in [-0.25, -0.2) is 14.5 Å². The number of hydrogen-bond donors (Lipinski definition) is 4. The molecular weight excluding hydrogens is 386 g/mol. The van der Waals surface area contributed by atoms with Gasteiger partial charge in [-0.3, -0.25) is 4.79 Å². The maximum Gasteiger partial charge on any atom is 0.336 e. The third kappa shape index (κ3) is 3.07. The molecule has 156 valence electrons. The summed E-state index contributed by atoms with van der Waals surface area (Å²) in [5.74, 6) is -1.60. The molecule has 0 spiro atoms. The number of aryl methyl sites for hydroxylation is 1. The molecule has 0 bridgehead atoms. The normalized spacial score (nSPS) is 21.6. The highest BCUT2D eigenvalue weighted by Gasteiger charge is 2.45. The lowest BCUT2D eigenvalue weighted by molar-refractivity contribution is -0.129. The molecule has 1 aromatic carbocycles. The molecule has 9 heteroatoms. The second kappa shape index (κ2) is 7.10. The van der Waals surface area contributed by atoms with E-state index in [1.807, 2.05) is 0 Å². The van der Waals surface area contributed by atoms with Gasteiger partial charge in [0.1, 0.15) is 11.3 Å². The molecule has 0 aliphatic heterocycles. The van der Waals surface area contributed by atoms with Gasteiger partial charge in [-0.2, -0.15) is 5.10 Å². The maximum atomic E-state index is 12.6. The molecular formula is C21H23N5O4. The standard InChI is InChI=1S/C21H23N5O4/c1-11-17-15(19(28)29)9-16(12-4-6-14(27)7-5-12)24-18(17)26(25-11)21(20(23)30)8-2-3-13(22)10-21/h4-7,9,13,27H,2-3,8,10,22H2,1H3,(H2,23,30)(H,28,29). The first-order valence-corrected chi connectivity index (χ1v) is 9.72. The average molecular weight is 409 g/mol. The summed E-state index contributed by atoms with van der Waals surface area (Å²) in [6, 6.07) is 7.53. The van der Waals surface area contributed by atoms with E-state index < -0.39 is 17.4 Å². The average Bonchev–Trinajstić information content (AvgIpc) is 3.04. The number of nitrogens with two attached hydrogens (primary N) is 2. The molecule has 6 N–H and O–H groups in total. The van der Waals surface area contributed by atoms with E-state index in [-0.39, 0.29) is 23.0 Å². The largest absolute Gasteiger partial charge is 0.508 e. The van der Waals surface area contributed by atoms with Crippen molar-refractivity contribution in [3.05, 3.63) is 41.6 Å². The fourth-order valence-corrected chi connectivity index (χ4v) is 4.35. The fourth-order valence-electron chi connectivity index (χ4n) is 4.35. The number of primary amides is 1. The van der Waals surface area contributed by atoms with Gasteiger partial charge in [-0.1, -0.05) is 0 Å². The first kappa shape index (κ1) is 19.8. The van der Waals surface area contributed by atoms with Crippen LogP contribution in [0.15, 0.2) is 30.3 Å². The van der Waals surface area contributed by atoms with Gasteiger partial charge in [0.15, 0.2) is 5.65 Å². The van der Waals surface area contributed by atoms with Gasteiger partial charge < -0.3 is 21.7 Å². The number of pyridine rings is 1. The van der Waals surface area contributed by atoms with Gasteiger partial charge in [-0.15, -0.1) is 0 Å². The van der Waals surface area contributed by atoms with E-state index >= 15 is 0 Å². The number of amides is 1. The van der Waals surface area contributed by atoms with Crippen LogP contribution in [0, 0.1) is 6.92 Å². The second-order valence-corrected chi connectivity index (χ2v) is 7.86. The summed E-state index contributed by atoms with van der Waals surface area (Å²) in [4.78, 5) is 29.3. The molecule has 4 rings (SSSR count). The summed E-state index contributed by atoms with van der Waals surface area (Å²) in [6.45, 7) is 1.69. The van der Waals surface area contributed by atoms with Crippen LogP contribution in [-0.2, 0) is 10.3 Å². The predicted octanol–water partition coefficient (Wildman–Crippen LogP) is 1.89. The summed E-state index contributed by atoms with van der Waals surface area (Å²) < 4.78 is 1.48. The number of carboxylic acid groups (broad SMARTS) is 1. The number of carbonyl (C=O) groups is 2. The Balaban J connectivity index is 2.03. The van der Waals surface area contributed by atoms with Crippen molar-refractivity contribution in [2.45, 2.75) is 44.2 Å². The van der Waals surface area contributed by atoms with Gasteiger partial charge >= 0.3 is 5.97 Å². The van der Waals surface area contributed by atoms with E-state index in [1.165, 1.54) is 22.9 Å². The first-order valence-electron chi connectivity index (χ1n) is 9.72. The molecule has 2 aromatic heterocycles. The summed E-state index contributed by atoms with van der Waals surface area (Å²) in [5.41, 5.74) is 12.6. The zero-order valence-corrected chi connectivity index (χ0v) is 16.5. The van der Waals surface area contributed by atoms with E-state index in [0.29, 0.717) is 41.6 Å². The van der Waals surface area contributed by atoms with Crippen molar-refractivity contribution < 1.29 is 19.8 Å². The third-order valence-corrected chi connectivity index (χ3v) is 5.84. The Bertz CT molecular complexity index is 1150.